The molecule has 0 heterocycles. The van der Waals surface area contributed by atoms with Crippen LogP contribution in [-0.4, -0.2) is 24.9 Å². The summed E-state index contributed by atoms with van der Waals surface area (Å²) in [6.45, 7) is 5.24. The number of halogens is 1. The van der Waals surface area contributed by atoms with E-state index >= 15 is 0 Å². The van der Waals surface area contributed by atoms with Crippen molar-refractivity contribution in [2.24, 2.45) is 0 Å². The van der Waals surface area contributed by atoms with Gasteiger partial charge < -0.3 is 14.6 Å². The van der Waals surface area contributed by atoms with Crippen molar-refractivity contribution in [3.05, 3.63) is 29.6 Å². The van der Waals surface area contributed by atoms with Gasteiger partial charge in [0, 0.05) is 19.6 Å². The van der Waals surface area contributed by atoms with Crippen LogP contribution >= 0.6 is 0 Å². The number of hydrogen-bond acceptors (Lipinski definition) is 3. The van der Waals surface area contributed by atoms with Gasteiger partial charge in [-0.1, -0.05) is 6.07 Å². The summed E-state index contributed by atoms with van der Waals surface area (Å²) in [6, 6.07) is 4.49. The summed E-state index contributed by atoms with van der Waals surface area (Å²) in [7, 11) is 0. The van der Waals surface area contributed by atoms with E-state index in [9.17, 15) is 9.50 Å². The normalized spacial score (nSPS) is 12.5. The molecule has 0 fully saturated rings. The molecule has 1 rings (SSSR count). The van der Waals surface area contributed by atoms with Crippen molar-refractivity contribution in [1.29, 1.82) is 0 Å². The average Bonchev–Trinajstić information content (AvgIpc) is 2.30. The van der Waals surface area contributed by atoms with Crippen LogP contribution in [0.5, 0.6) is 5.75 Å². The fourth-order valence-corrected chi connectivity index (χ4v) is 1.38. The summed E-state index contributed by atoms with van der Waals surface area (Å²) < 4.78 is 23.9. The average molecular weight is 242 g/mol. The first-order valence-corrected chi connectivity index (χ1v) is 5.83. The number of benzene rings is 1. The van der Waals surface area contributed by atoms with Crippen LogP contribution in [0, 0.1) is 5.82 Å². The molecule has 17 heavy (non-hydrogen) atoms. The van der Waals surface area contributed by atoms with Crippen molar-refractivity contribution in [1.82, 2.24) is 0 Å². The maximum atomic E-state index is 13.5. The minimum Gasteiger partial charge on any atom is -0.490 e. The van der Waals surface area contributed by atoms with E-state index in [-0.39, 0.29) is 5.75 Å². The third-order valence-electron chi connectivity index (χ3n) is 2.33. The SMILES string of the molecule is CCOCCCOc1ccc([C@H](C)O)cc1F. The van der Waals surface area contributed by atoms with Crippen molar-refractivity contribution in [3.63, 3.8) is 0 Å². The zero-order valence-corrected chi connectivity index (χ0v) is 10.3. The van der Waals surface area contributed by atoms with Crippen LogP contribution in [0.2, 0.25) is 0 Å². The summed E-state index contributed by atoms with van der Waals surface area (Å²) in [6.07, 6.45) is 0.0577. The molecule has 0 amide bonds. The molecular formula is C13H19FO3. The van der Waals surface area contributed by atoms with Gasteiger partial charge in [0.2, 0.25) is 0 Å². The first-order valence-electron chi connectivity index (χ1n) is 5.83. The van der Waals surface area contributed by atoms with Gasteiger partial charge >= 0.3 is 0 Å². The number of aliphatic hydroxyl groups is 1. The molecule has 1 N–H and O–H groups in total. The molecule has 0 saturated heterocycles. The van der Waals surface area contributed by atoms with Gasteiger partial charge in [0.25, 0.3) is 0 Å². The van der Waals surface area contributed by atoms with Crippen LogP contribution in [0.15, 0.2) is 18.2 Å². The number of rotatable bonds is 7. The maximum Gasteiger partial charge on any atom is 0.165 e. The van der Waals surface area contributed by atoms with Gasteiger partial charge in [0.05, 0.1) is 12.7 Å². The van der Waals surface area contributed by atoms with Crippen molar-refractivity contribution in [3.8, 4) is 5.75 Å². The second-order valence-electron chi connectivity index (χ2n) is 3.76. The molecular weight excluding hydrogens is 223 g/mol. The maximum absolute atomic E-state index is 13.5. The summed E-state index contributed by atoms with van der Waals surface area (Å²) >= 11 is 0. The highest BCUT2D eigenvalue weighted by molar-refractivity contribution is 5.30. The van der Waals surface area contributed by atoms with E-state index in [2.05, 4.69) is 0 Å². The Morgan fingerprint density at radius 3 is 2.71 bits per heavy atom. The van der Waals surface area contributed by atoms with E-state index in [0.29, 0.717) is 25.4 Å². The van der Waals surface area contributed by atoms with Crippen molar-refractivity contribution < 1.29 is 19.0 Å². The number of ether oxygens (including phenoxy) is 2. The highest BCUT2D eigenvalue weighted by atomic mass is 19.1. The lowest BCUT2D eigenvalue weighted by Gasteiger charge is -2.10. The largest absolute Gasteiger partial charge is 0.490 e. The lowest BCUT2D eigenvalue weighted by molar-refractivity contribution is 0.130. The van der Waals surface area contributed by atoms with Gasteiger partial charge in [0.1, 0.15) is 0 Å². The monoisotopic (exact) mass is 242 g/mol. The molecule has 0 aromatic heterocycles. The molecule has 4 heteroatoms. The Morgan fingerprint density at radius 1 is 1.35 bits per heavy atom. The quantitative estimate of drug-likeness (QED) is 0.747. The van der Waals surface area contributed by atoms with Crippen LogP contribution in [-0.2, 0) is 4.74 Å². The Morgan fingerprint density at radius 2 is 2.12 bits per heavy atom. The number of hydrogen-bond donors (Lipinski definition) is 1. The Labute approximate surface area is 101 Å². The van der Waals surface area contributed by atoms with Crippen LogP contribution in [0.25, 0.3) is 0 Å². The van der Waals surface area contributed by atoms with Crippen LogP contribution < -0.4 is 4.74 Å². The predicted molar refractivity (Wildman–Crippen MR) is 63.6 cm³/mol. The van der Waals surface area contributed by atoms with Crippen LogP contribution in [0.1, 0.15) is 31.9 Å². The van der Waals surface area contributed by atoms with E-state index in [1.165, 1.54) is 12.1 Å². The van der Waals surface area contributed by atoms with Gasteiger partial charge in [-0.2, -0.15) is 0 Å². The van der Waals surface area contributed by atoms with Crippen molar-refractivity contribution in [2.75, 3.05) is 19.8 Å². The predicted octanol–water partition coefficient (Wildman–Crippen LogP) is 2.68. The van der Waals surface area contributed by atoms with Crippen LogP contribution in [0.4, 0.5) is 4.39 Å². The van der Waals surface area contributed by atoms with E-state index in [1.807, 2.05) is 6.92 Å². The summed E-state index contributed by atoms with van der Waals surface area (Å²) in [4.78, 5) is 0. The molecule has 0 spiro atoms. The van der Waals surface area contributed by atoms with Gasteiger partial charge in [0.15, 0.2) is 11.6 Å². The van der Waals surface area contributed by atoms with Crippen molar-refractivity contribution in [2.45, 2.75) is 26.4 Å². The smallest absolute Gasteiger partial charge is 0.165 e. The fourth-order valence-electron chi connectivity index (χ4n) is 1.38. The molecule has 0 aliphatic heterocycles. The van der Waals surface area contributed by atoms with E-state index in [1.54, 1.807) is 13.0 Å². The van der Waals surface area contributed by atoms with Gasteiger partial charge in [-0.25, -0.2) is 4.39 Å². The fraction of sp³-hybridized carbons (Fsp3) is 0.538. The van der Waals surface area contributed by atoms with Gasteiger partial charge in [-0.15, -0.1) is 0 Å². The third-order valence-corrected chi connectivity index (χ3v) is 2.33. The Kier molecular flexibility index (Phi) is 5.94. The summed E-state index contributed by atoms with van der Waals surface area (Å²) in [5, 5.41) is 9.29. The Balaban J connectivity index is 2.43. The molecule has 1 aromatic rings. The van der Waals surface area contributed by atoms with E-state index in [0.717, 1.165) is 6.42 Å². The summed E-state index contributed by atoms with van der Waals surface area (Å²) in [5.74, 6) is -0.231. The van der Waals surface area contributed by atoms with Gasteiger partial charge in [-0.3, -0.25) is 0 Å². The first kappa shape index (κ1) is 13.9. The molecule has 1 aromatic carbocycles. The molecule has 96 valence electrons. The lowest BCUT2D eigenvalue weighted by Crippen LogP contribution is -2.04. The highest BCUT2D eigenvalue weighted by Crippen LogP contribution is 2.21. The second kappa shape index (κ2) is 7.25. The van der Waals surface area contributed by atoms with E-state index in [4.69, 9.17) is 9.47 Å². The highest BCUT2D eigenvalue weighted by Gasteiger charge is 2.07. The molecule has 0 unspecified atom stereocenters. The molecule has 0 aliphatic carbocycles. The first-order chi connectivity index (χ1) is 8.15. The Bertz CT molecular complexity index is 339. The molecule has 0 aliphatic rings. The second-order valence-corrected chi connectivity index (χ2v) is 3.76. The van der Waals surface area contributed by atoms with Crippen molar-refractivity contribution >= 4 is 0 Å². The minimum absolute atomic E-state index is 0.214. The van der Waals surface area contributed by atoms with Gasteiger partial charge in [-0.05, 0) is 31.5 Å². The molecule has 3 nitrogen and oxygen atoms in total. The molecule has 1 atom stereocenters. The van der Waals surface area contributed by atoms with E-state index < -0.39 is 11.9 Å². The Hall–Kier alpha value is -1.13. The topological polar surface area (TPSA) is 38.7 Å². The zero-order valence-electron chi connectivity index (χ0n) is 10.3. The minimum atomic E-state index is -0.670. The zero-order chi connectivity index (χ0) is 12.7. The summed E-state index contributed by atoms with van der Waals surface area (Å²) in [5.41, 5.74) is 0.546. The third kappa shape index (κ3) is 4.71. The standard InChI is InChI=1S/C13H19FO3/c1-3-16-7-4-8-17-13-6-5-11(10(2)15)9-12(13)14/h5-6,9-10,15H,3-4,7-8H2,1-2H3/t10-/m0/s1. The molecule has 0 radical (unpaired) electrons. The number of aliphatic hydroxyl groups excluding tert-OH is 1. The molecule has 0 bridgehead atoms. The lowest BCUT2D eigenvalue weighted by atomic mass is 10.1. The van der Waals surface area contributed by atoms with Crippen LogP contribution in [0.3, 0.4) is 0 Å². The molecule has 0 saturated carbocycles.